The van der Waals surface area contributed by atoms with Crippen LogP contribution in [0.5, 0.6) is 0 Å². The number of hydrogen-bond donors (Lipinski definition) is 1. The van der Waals surface area contributed by atoms with Gasteiger partial charge in [-0.3, -0.25) is 0 Å². The molecule has 0 radical (unpaired) electrons. The first-order chi connectivity index (χ1) is 8.40. The fourth-order valence-corrected chi connectivity index (χ4v) is 1.56. The fourth-order valence-electron chi connectivity index (χ4n) is 1.56. The van der Waals surface area contributed by atoms with E-state index >= 15 is 0 Å². The van der Waals surface area contributed by atoms with Crippen molar-refractivity contribution in [2.75, 3.05) is 56.8 Å². The molecule has 0 saturated carbocycles. The molecule has 17 heavy (non-hydrogen) atoms. The first-order valence-corrected chi connectivity index (χ1v) is 5.65. The van der Waals surface area contributed by atoms with Gasteiger partial charge in [0.1, 0.15) is 0 Å². The van der Waals surface area contributed by atoms with Crippen LogP contribution in [0.1, 0.15) is 0 Å². The van der Waals surface area contributed by atoms with Gasteiger partial charge >= 0.3 is 0 Å². The second-order valence-electron chi connectivity index (χ2n) is 3.66. The van der Waals surface area contributed by atoms with Crippen molar-refractivity contribution in [3.63, 3.8) is 0 Å². The molecule has 1 N–H and O–H groups in total. The number of aromatic nitrogens is 3. The summed E-state index contributed by atoms with van der Waals surface area (Å²) in [6.07, 6.45) is 1.61. The van der Waals surface area contributed by atoms with Gasteiger partial charge in [-0.2, -0.15) is 10.1 Å². The van der Waals surface area contributed by atoms with Crippen LogP contribution in [-0.2, 0) is 9.47 Å². The summed E-state index contributed by atoms with van der Waals surface area (Å²) in [5, 5.41) is 11.1. The van der Waals surface area contributed by atoms with Gasteiger partial charge in [-0.1, -0.05) is 0 Å². The summed E-state index contributed by atoms with van der Waals surface area (Å²) in [5.41, 5.74) is 0. The second kappa shape index (κ2) is 6.31. The molecule has 0 bridgehead atoms. The minimum atomic E-state index is 0.636. The summed E-state index contributed by atoms with van der Waals surface area (Å²) in [7, 11) is 1.67. The molecule has 1 aromatic heterocycles. The summed E-state index contributed by atoms with van der Waals surface area (Å²) in [6, 6.07) is 0. The van der Waals surface area contributed by atoms with Crippen molar-refractivity contribution < 1.29 is 9.47 Å². The van der Waals surface area contributed by atoms with E-state index in [0.717, 1.165) is 18.9 Å². The van der Waals surface area contributed by atoms with Crippen LogP contribution in [0.2, 0.25) is 0 Å². The van der Waals surface area contributed by atoms with Crippen LogP contribution >= 0.6 is 0 Å². The van der Waals surface area contributed by atoms with E-state index in [1.807, 2.05) is 0 Å². The average Bonchev–Trinajstić information content (AvgIpc) is 2.41. The van der Waals surface area contributed by atoms with Gasteiger partial charge in [0.2, 0.25) is 5.95 Å². The number of anilines is 2. The molecule has 7 nitrogen and oxygen atoms in total. The van der Waals surface area contributed by atoms with Crippen molar-refractivity contribution in [2.24, 2.45) is 0 Å². The Balaban J connectivity index is 1.95. The third-order valence-corrected chi connectivity index (χ3v) is 2.45. The average molecular weight is 239 g/mol. The lowest BCUT2D eigenvalue weighted by atomic mass is 10.4. The highest BCUT2D eigenvalue weighted by molar-refractivity contribution is 5.38. The molecule has 2 heterocycles. The van der Waals surface area contributed by atoms with Crippen molar-refractivity contribution in [3.05, 3.63) is 6.20 Å². The zero-order valence-corrected chi connectivity index (χ0v) is 9.93. The highest BCUT2D eigenvalue weighted by Gasteiger charge is 2.14. The van der Waals surface area contributed by atoms with Gasteiger partial charge < -0.3 is 19.7 Å². The molecule has 0 aromatic carbocycles. The van der Waals surface area contributed by atoms with E-state index in [-0.39, 0.29) is 0 Å². The van der Waals surface area contributed by atoms with Crippen molar-refractivity contribution in [3.8, 4) is 0 Å². The van der Waals surface area contributed by atoms with Crippen LogP contribution in [0.15, 0.2) is 6.20 Å². The summed E-state index contributed by atoms with van der Waals surface area (Å²) in [5.74, 6) is 1.37. The van der Waals surface area contributed by atoms with Gasteiger partial charge in [0.25, 0.3) is 0 Å². The predicted molar refractivity (Wildman–Crippen MR) is 63.2 cm³/mol. The molecule has 0 atom stereocenters. The van der Waals surface area contributed by atoms with Crippen LogP contribution < -0.4 is 10.2 Å². The number of methoxy groups -OCH3 is 1. The molecule has 94 valence electrons. The van der Waals surface area contributed by atoms with Crippen molar-refractivity contribution in [2.45, 2.75) is 0 Å². The Kier molecular flexibility index (Phi) is 4.45. The molecular weight excluding hydrogens is 222 g/mol. The molecule has 0 spiro atoms. The van der Waals surface area contributed by atoms with E-state index in [1.165, 1.54) is 0 Å². The van der Waals surface area contributed by atoms with Gasteiger partial charge in [0, 0.05) is 26.7 Å². The summed E-state index contributed by atoms with van der Waals surface area (Å²) in [4.78, 5) is 6.47. The number of nitrogens with zero attached hydrogens (tertiary/aromatic N) is 4. The van der Waals surface area contributed by atoms with E-state index in [4.69, 9.17) is 9.47 Å². The smallest absolute Gasteiger partial charge is 0.247 e. The number of hydrogen-bond acceptors (Lipinski definition) is 7. The fraction of sp³-hybridized carbons (Fsp3) is 0.700. The van der Waals surface area contributed by atoms with Gasteiger partial charge in [-0.05, 0) is 0 Å². The normalized spacial score (nSPS) is 15.9. The van der Waals surface area contributed by atoms with E-state index < -0.39 is 0 Å². The lowest BCUT2D eigenvalue weighted by Gasteiger charge is -2.26. The van der Waals surface area contributed by atoms with E-state index in [0.29, 0.717) is 32.3 Å². The number of nitrogens with one attached hydrogen (secondary N) is 1. The maximum Gasteiger partial charge on any atom is 0.247 e. The van der Waals surface area contributed by atoms with Gasteiger partial charge in [0.15, 0.2) is 5.82 Å². The number of rotatable bonds is 5. The third-order valence-electron chi connectivity index (χ3n) is 2.45. The highest BCUT2D eigenvalue weighted by atomic mass is 16.5. The van der Waals surface area contributed by atoms with Crippen molar-refractivity contribution in [1.82, 2.24) is 15.2 Å². The third kappa shape index (κ3) is 3.50. The first kappa shape index (κ1) is 12.0. The SMILES string of the molecule is COCCNc1cnnc(N2CCOCC2)n1. The Hall–Kier alpha value is -1.47. The standard InChI is InChI=1S/C10H17N5O2/c1-16-5-2-11-9-8-12-14-10(13-9)15-3-6-17-7-4-15/h8H,2-7H2,1H3,(H,11,13,14). The van der Waals surface area contributed by atoms with Crippen molar-refractivity contribution >= 4 is 11.8 Å². The molecule has 1 fully saturated rings. The molecule has 7 heteroatoms. The molecule has 1 aliphatic heterocycles. The highest BCUT2D eigenvalue weighted by Crippen LogP contribution is 2.10. The minimum Gasteiger partial charge on any atom is -0.383 e. The maximum atomic E-state index is 5.28. The molecular formula is C10H17N5O2. The molecule has 2 rings (SSSR count). The Labute approximate surface area is 100 Å². The molecule has 0 aliphatic carbocycles. The summed E-state index contributed by atoms with van der Waals surface area (Å²) in [6.45, 7) is 4.39. The molecule has 0 unspecified atom stereocenters. The van der Waals surface area contributed by atoms with Gasteiger partial charge in [-0.15, -0.1) is 5.10 Å². The van der Waals surface area contributed by atoms with Crippen LogP contribution in [0.4, 0.5) is 11.8 Å². The number of morpholine rings is 1. The van der Waals surface area contributed by atoms with Crippen LogP contribution in [0, 0.1) is 0 Å². The number of ether oxygens (including phenoxy) is 2. The van der Waals surface area contributed by atoms with Crippen LogP contribution in [0.25, 0.3) is 0 Å². The molecule has 1 aliphatic rings. The quantitative estimate of drug-likeness (QED) is 0.711. The zero-order valence-electron chi connectivity index (χ0n) is 9.93. The van der Waals surface area contributed by atoms with E-state index in [2.05, 4.69) is 25.4 Å². The Morgan fingerprint density at radius 1 is 1.47 bits per heavy atom. The van der Waals surface area contributed by atoms with Crippen LogP contribution in [0.3, 0.4) is 0 Å². The lowest BCUT2D eigenvalue weighted by molar-refractivity contribution is 0.122. The maximum absolute atomic E-state index is 5.28. The predicted octanol–water partition coefficient (Wildman–Crippen LogP) is -0.233. The molecule has 0 amide bonds. The van der Waals surface area contributed by atoms with Gasteiger partial charge in [-0.25, -0.2) is 0 Å². The topological polar surface area (TPSA) is 72.4 Å². The van der Waals surface area contributed by atoms with Crippen LogP contribution in [-0.4, -0.2) is 61.7 Å². The monoisotopic (exact) mass is 239 g/mol. The zero-order chi connectivity index (χ0) is 11.9. The summed E-state index contributed by atoms with van der Waals surface area (Å²) < 4.78 is 10.2. The van der Waals surface area contributed by atoms with Gasteiger partial charge in [0.05, 0.1) is 26.0 Å². The summed E-state index contributed by atoms with van der Waals surface area (Å²) >= 11 is 0. The minimum absolute atomic E-state index is 0.636. The Morgan fingerprint density at radius 3 is 3.06 bits per heavy atom. The second-order valence-corrected chi connectivity index (χ2v) is 3.66. The lowest BCUT2D eigenvalue weighted by Crippen LogP contribution is -2.37. The van der Waals surface area contributed by atoms with Crippen molar-refractivity contribution in [1.29, 1.82) is 0 Å². The molecule has 1 aromatic rings. The molecule has 1 saturated heterocycles. The van der Waals surface area contributed by atoms with E-state index in [9.17, 15) is 0 Å². The Morgan fingerprint density at radius 2 is 2.29 bits per heavy atom. The first-order valence-electron chi connectivity index (χ1n) is 5.65. The Bertz CT molecular complexity index is 343. The van der Waals surface area contributed by atoms with E-state index in [1.54, 1.807) is 13.3 Å². The largest absolute Gasteiger partial charge is 0.383 e.